The monoisotopic (exact) mass is 279 g/mol. The molecule has 0 aliphatic rings. The van der Waals surface area contributed by atoms with Crippen molar-refractivity contribution in [3.05, 3.63) is 60.3 Å². The van der Waals surface area contributed by atoms with Gasteiger partial charge in [-0.25, -0.2) is 4.98 Å². The van der Waals surface area contributed by atoms with E-state index in [0.717, 1.165) is 27.8 Å². The zero-order valence-electron chi connectivity index (χ0n) is 11.8. The number of aromatic hydroxyl groups is 1. The molecule has 21 heavy (non-hydrogen) atoms. The van der Waals surface area contributed by atoms with Gasteiger partial charge in [0, 0.05) is 30.9 Å². The van der Waals surface area contributed by atoms with E-state index in [1.54, 1.807) is 18.3 Å². The van der Waals surface area contributed by atoms with Crippen molar-refractivity contribution < 1.29 is 5.11 Å². The highest BCUT2D eigenvalue weighted by Crippen LogP contribution is 2.27. The molecule has 1 aromatic heterocycles. The highest BCUT2D eigenvalue weighted by atomic mass is 16.3. The predicted molar refractivity (Wildman–Crippen MR) is 86.4 cm³/mol. The van der Waals surface area contributed by atoms with E-state index >= 15 is 0 Å². The van der Waals surface area contributed by atoms with Crippen LogP contribution in [0.5, 0.6) is 5.75 Å². The lowest BCUT2D eigenvalue weighted by Crippen LogP contribution is -2.18. The van der Waals surface area contributed by atoms with Gasteiger partial charge in [0.05, 0.1) is 0 Å². The van der Waals surface area contributed by atoms with Crippen LogP contribution in [0.4, 0.5) is 11.5 Å². The van der Waals surface area contributed by atoms with E-state index < -0.39 is 0 Å². The molecule has 0 atom stereocenters. The number of nitrogens with zero attached hydrogens (tertiary/aromatic N) is 2. The summed E-state index contributed by atoms with van der Waals surface area (Å²) in [5, 5.41) is 11.7. The standard InChI is InChI=1S/C17H17N3O/c1-20(11-12-3-2-4-14(18)9-12)17-16-10-15(21)6-5-13(16)7-8-19-17/h2-10,21H,11,18H2,1H3. The van der Waals surface area contributed by atoms with Gasteiger partial charge < -0.3 is 15.7 Å². The van der Waals surface area contributed by atoms with Gasteiger partial charge in [-0.2, -0.15) is 0 Å². The average Bonchev–Trinajstić information content (AvgIpc) is 2.46. The summed E-state index contributed by atoms with van der Waals surface area (Å²) in [6, 6.07) is 15.1. The van der Waals surface area contributed by atoms with Crippen molar-refractivity contribution in [2.75, 3.05) is 17.7 Å². The summed E-state index contributed by atoms with van der Waals surface area (Å²) in [6.07, 6.45) is 1.78. The van der Waals surface area contributed by atoms with E-state index in [2.05, 4.69) is 9.88 Å². The molecule has 0 saturated carbocycles. The van der Waals surface area contributed by atoms with E-state index in [9.17, 15) is 5.11 Å². The van der Waals surface area contributed by atoms with Gasteiger partial charge in [-0.3, -0.25) is 0 Å². The second-order valence-corrected chi connectivity index (χ2v) is 5.14. The molecule has 0 radical (unpaired) electrons. The van der Waals surface area contributed by atoms with Crippen LogP contribution in [0, 0.1) is 0 Å². The first-order valence-electron chi connectivity index (χ1n) is 6.77. The lowest BCUT2D eigenvalue weighted by Gasteiger charge is -2.20. The zero-order valence-corrected chi connectivity index (χ0v) is 11.8. The van der Waals surface area contributed by atoms with Crippen molar-refractivity contribution in [2.24, 2.45) is 0 Å². The summed E-state index contributed by atoms with van der Waals surface area (Å²) in [5.74, 6) is 1.08. The average molecular weight is 279 g/mol. The maximum Gasteiger partial charge on any atom is 0.136 e. The number of nitrogen functional groups attached to an aromatic ring is 1. The summed E-state index contributed by atoms with van der Waals surface area (Å²) in [5.41, 5.74) is 7.69. The fourth-order valence-electron chi connectivity index (χ4n) is 2.49. The topological polar surface area (TPSA) is 62.4 Å². The minimum absolute atomic E-state index is 0.245. The van der Waals surface area contributed by atoms with Crippen LogP contribution >= 0.6 is 0 Å². The van der Waals surface area contributed by atoms with Gasteiger partial charge in [-0.05, 0) is 41.3 Å². The molecule has 0 spiro atoms. The molecular weight excluding hydrogens is 262 g/mol. The molecule has 0 aliphatic carbocycles. The summed E-state index contributed by atoms with van der Waals surface area (Å²) in [6.45, 7) is 0.701. The fourth-order valence-corrected chi connectivity index (χ4v) is 2.49. The van der Waals surface area contributed by atoms with Crippen molar-refractivity contribution in [1.29, 1.82) is 0 Å². The molecule has 4 heteroatoms. The van der Waals surface area contributed by atoms with Crippen LogP contribution in [0.3, 0.4) is 0 Å². The second-order valence-electron chi connectivity index (χ2n) is 5.14. The van der Waals surface area contributed by atoms with Crippen molar-refractivity contribution in [3.63, 3.8) is 0 Å². The third-order valence-electron chi connectivity index (χ3n) is 3.46. The van der Waals surface area contributed by atoms with Crippen LogP contribution in [0.25, 0.3) is 10.8 Å². The number of pyridine rings is 1. The molecular formula is C17H17N3O. The minimum atomic E-state index is 0.245. The molecule has 0 unspecified atom stereocenters. The Labute approximate surface area is 123 Å². The molecule has 0 amide bonds. The number of hydrogen-bond donors (Lipinski definition) is 2. The molecule has 0 fully saturated rings. The fraction of sp³-hybridized carbons (Fsp3) is 0.118. The van der Waals surface area contributed by atoms with Crippen LogP contribution in [0.2, 0.25) is 0 Å². The quantitative estimate of drug-likeness (QED) is 0.723. The van der Waals surface area contributed by atoms with Gasteiger partial charge in [0.25, 0.3) is 0 Å². The van der Waals surface area contributed by atoms with E-state index in [-0.39, 0.29) is 5.75 Å². The Balaban J connectivity index is 1.98. The first-order chi connectivity index (χ1) is 10.1. The molecule has 3 N–H and O–H groups in total. The zero-order chi connectivity index (χ0) is 14.8. The summed E-state index contributed by atoms with van der Waals surface area (Å²) < 4.78 is 0. The van der Waals surface area contributed by atoms with Crippen LogP contribution in [-0.2, 0) is 6.54 Å². The molecule has 0 saturated heterocycles. The molecule has 106 valence electrons. The van der Waals surface area contributed by atoms with Crippen LogP contribution in [0.1, 0.15) is 5.56 Å². The number of aromatic nitrogens is 1. The number of nitrogens with two attached hydrogens (primary N) is 1. The Morgan fingerprint density at radius 2 is 2.00 bits per heavy atom. The molecule has 1 heterocycles. The van der Waals surface area contributed by atoms with Crippen LogP contribution in [-0.4, -0.2) is 17.1 Å². The van der Waals surface area contributed by atoms with Gasteiger partial charge in [0.1, 0.15) is 11.6 Å². The molecule has 3 aromatic rings. The van der Waals surface area contributed by atoms with Gasteiger partial charge in [0.15, 0.2) is 0 Å². The maximum absolute atomic E-state index is 9.70. The Morgan fingerprint density at radius 3 is 2.81 bits per heavy atom. The first-order valence-corrected chi connectivity index (χ1v) is 6.77. The number of rotatable bonds is 3. The Bertz CT molecular complexity index is 786. The normalized spacial score (nSPS) is 10.7. The molecule has 0 aliphatic heterocycles. The SMILES string of the molecule is CN(Cc1cccc(N)c1)c1nccc2ccc(O)cc12. The van der Waals surface area contributed by atoms with E-state index in [1.165, 1.54) is 0 Å². The second kappa shape index (κ2) is 5.32. The summed E-state index contributed by atoms with van der Waals surface area (Å²) in [7, 11) is 1.98. The Kier molecular flexibility index (Phi) is 3.36. The van der Waals surface area contributed by atoms with Gasteiger partial charge in [-0.1, -0.05) is 18.2 Å². The smallest absolute Gasteiger partial charge is 0.136 e. The number of phenols is 1. The van der Waals surface area contributed by atoms with E-state index in [0.29, 0.717) is 6.54 Å². The van der Waals surface area contributed by atoms with Crippen molar-refractivity contribution in [3.8, 4) is 5.75 Å². The number of anilines is 2. The number of hydrogen-bond acceptors (Lipinski definition) is 4. The Hall–Kier alpha value is -2.75. The van der Waals surface area contributed by atoms with Crippen molar-refractivity contribution >= 4 is 22.3 Å². The molecule has 3 rings (SSSR count). The lowest BCUT2D eigenvalue weighted by molar-refractivity contribution is 0.476. The first kappa shape index (κ1) is 13.2. The lowest BCUT2D eigenvalue weighted by atomic mass is 10.1. The van der Waals surface area contributed by atoms with Gasteiger partial charge in [0.2, 0.25) is 0 Å². The number of phenolic OH excluding ortho intramolecular Hbond substituents is 1. The van der Waals surface area contributed by atoms with Gasteiger partial charge in [-0.15, -0.1) is 0 Å². The largest absolute Gasteiger partial charge is 0.508 e. The molecule has 2 aromatic carbocycles. The highest BCUT2D eigenvalue weighted by Gasteiger charge is 2.09. The van der Waals surface area contributed by atoms with E-state index in [1.807, 2.05) is 43.4 Å². The van der Waals surface area contributed by atoms with Crippen LogP contribution in [0.15, 0.2) is 54.7 Å². The number of fused-ring (bicyclic) bond motifs is 1. The minimum Gasteiger partial charge on any atom is -0.508 e. The molecule has 0 bridgehead atoms. The third-order valence-corrected chi connectivity index (χ3v) is 3.46. The number of benzene rings is 2. The van der Waals surface area contributed by atoms with Crippen molar-refractivity contribution in [2.45, 2.75) is 6.54 Å². The van der Waals surface area contributed by atoms with Gasteiger partial charge >= 0.3 is 0 Å². The van der Waals surface area contributed by atoms with Crippen LogP contribution < -0.4 is 10.6 Å². The maximum atomic E-state index is 9.70. The summed E-state index contributed by atoms with van der Waals surface area (Å²) in [4.78, 5) is 6.50. The summed E-state index contributed by atoms with van der Waals surface area (Å²) >= 11 is 0. The van der Waals surface area contributed by atoms with Crippen molar-refractivity contribution in [1.82, 2.24) is 4.98 Å². The predicted octanol–water partition coefficient (Wildman–Crippen LogP) is 3.16. The Morgan fingerprint density at radius 1 is 1.14 bits per heavy atom. The van der Waals surface area contributed by atoms with E-state index in [4.69, 9.17) is 5.73 Å². The third kappa shape index (κ3) is 2.74. The molecule has 4 nitrogen and oxygen atoms in total. The highest BCUT2D eigenvalue weighted by molar-refractivity contribution is 5.93.